The Hall–Kier alpha value is -1.62. The van der Waals surface area contributed by atoms with E-state index < -0.39 is 5.97 Å². The summed E-state index contributed by atoms with van der Waals surface area (Å²) in [7, 11) is 0. The number of aromatic amines is 1. The van der Waals surface area contributed by atoms with Gasteiger partial charge in [-0.15, -0.1) is 0 Å². The fourth-order valence-electron chi connectivity index (χ4n) is 2.09. The number of aromatic nitrogens is 2. The normalized spacial score (nSPS) is 14.7. The number of carboxylic acids is 1. The third-order valence-corrected chi connectivity index (χ3v) is 3.81. The summed E-state index contributed by atoms with van der Waals surface area (Å²) in [6, 6.07) is 7.51. The van der Waals surface area contributed by atoms with Crippen LogP contribution in [0.25, 0.3) is 11.3 Å². The third kappa shape index (κ3) is 1.84. The summed E-state index contributed by atoms with van der Waals surface area (Å²) in [5, 5.41) is 16.5. The van der Waals surface area contributed by atoms with Crippen molar-refractivity contribution in [2.75, 3.05) is 0 Å². The molecule has 0 aliphatic heterocycles. The van der Waals surface area contributed by atoms with Crippen molar-refractivity contribution < 1.29 is 9.90 Å². The Morgan fingerprint density at radius 3 is 2.72 bits per heavy atom. The third-order valence-electron chi connectivity index (χ3n) is 3.12. The Bertz CT molecular complexity index is 617. The Morgan fingerprint density at radius 2 is 2.11 bits per heavy atom. The van der Waals surface area contributed by atoms with Crippen LogP contribution in [0.15, 0.2) is 28.7 Å². The lowest BCUT2D eigenvalue weighted by atomic mass is 10.0. The van der Waals surface area contributed by atoms with Crippen LogP contribution in [-0.2, 0) is 0 Å². The number of hydrogen-bond donors (Lipinski definition) is 2. The highest BCUT2D eigenvalue weighted by Crippen LogP contribution is 2.43. The van der Waals surface area contributed by atoms with Gasteiger partial charge in [-0.3, -0.25) is 5.10 Å². The van der Waals surface area contributed by atoms with Crippen LogP contribution in [0.1, 0.15) is 34.8 Å². The molecule has 0 spiro atoms. The summed E-state index contributed by atoms with van der Waals surface area (Å²) >= 11 is 3.43. The molecule has 0 atom stereocenters. The zero-order chi connectivity index (χ0) is 12.7. The molecule has 1 aliphatic carbocycles. The van der Waals surface area contributed by atoms with E-state index in [4.69, 9.17) is 0 Å². The number of aromatic carboxylic acids is 1. The minimum atomic E-state index is -0.920. The molecule has 4 nitrogen and oxygen atoms in total. The van der Waals surface area contributed by atoms with Crippen LogP contribution in [-0.4, -0.2) is 21.3 Å². The number of nitrogens with one attached hydrogen (secondary N) is 1. The Labute approximate surface area is 112 Å². The van der Waals surface area contributed by atoms with E-state index in [9.17, 15) is 9.90 Å². The molecule has 18 heavy (non-hydrogen) atoms. The summed E-state index contributed by atoms with van der Waals surface area (Å²) < 4.78 is 0.848. The van der Waals surface area contributed by atoms with Crippen molar-refractivity contribution in [2.45, 2.75) is 18.8 Å². The van der Waals surface area contributed by atoms with Crippen LogP contribution in [0, 0.1) is 0 Å². The summed E-state index contributed by atoms with van der Waals surface area (Å²) in [5.74, 6) is -0.587. The van der Waals surface area contributed by atoms with Gasteiger partial charge in [0, 0.05) is 16.0 Å². The van der Waals surface area contributed by atoms with Gasteiger partial charge in [0.25, 0.3) is 0 Å². The van der Waals surface area contributed by atoms with E-state index in [0.717, 1.165) is 28.6 Å². The van der Waals surface area contributed by atoms with Gasteiger partial charge in [0.05, 0.1) is 5.69 Å². The second-order valence-corrected chi connectivity index (χ2v) is 5.27. The average Bonchev–Trinajstić information content (AvgIpc) is 3.09. The minimum absolute atomic E-state index is 0.310. The van der Waals surface area contributed by atoms with Gasteiger partial charge in [-0.1, -0.05) is 34.1 Å². The number of benzene rings is 1. The maximum Gasteiger partial charge on any atom is 0.339 e. The molecule has 5 heteroatoms. The maximum absolute atomic E-state index is 11.4. The molecule has 1 aromatic carbocycles. The SMILES string of the molecule is O=C(O)c1c(-c2ccccc2Br)n[nH]c1C1CC1. The van der Waals surface area contributed by atoms with Crippen molar-refractivity contribution >= 4 is 21.9 Å². The highest BCUT2D eigenvalue weighted by atomic mass is 79.9. The molecule has 0 saturated heterocycles. The number of rotatable bonds is 3. The molecule has 0 amide bonds. The lowest BCUT2D eigenvalue weighted by Crippen LogP contribution is -2.01. The lowest BCUT2D eigenvalue weighted by Gasteiger charge is -2.02. The lowest BCUT2D eigenvalue weighted by molar-refractivity contribution is 0.0696. The molecule has 3 rings (SSSR count). The molecule has 1 fully saturated rings. The quantitative estimate of drug-likeness (QED) is 0.913. The van der Waals surface area contributed by atoms with Crippen molar-refractivity contribution in [3.8, 4) is 11.3 Å². The molecular weight excluding hydrogens is 296 g/mol. The molecule has 2 aromatic rings. The molecule has 1 aliphatic rings. The van der Waals surface area contributed by atoms with E-state index >= 15 is 0 Å². The number of carbonyl (C=O) groups is 1. The second kappa shape index (κ2) is 4.24. The van der Waals surface area contributed by atoms with Gasteiger partial charge in [-0.05, 0) is 18.9 Å². The van der Waals surface area contributed by atoms with Gasteiger partial charge >= 0.3 is 5.97 Å². The van der Waals surface area contributed by atoms with E-state index in [1.807, 2.05) is 24.3 Å². The molecule has 0 radical (unpaired) electrons. The van der Waals surface area contributed by atoms with E-state index in [-0.39, 0.29) is 0 Å². The average molecular weight is 307 g/mol. The molecule has 0 bridgehead atoms. The van der Waals surface area contributed by atoms with Gasteiger partial charge in [-0.25, -0.2) is 4.79 Å². The molecule has 1 saturated carbocycles. The van der Waals surface area contributed by atoms with E-state index in [1.165, 1.54) is 0 Å². The molecule has 1 aromatic heterocycles. The fraction of sp³-hybridized carbons (Fsp3) is 0.231. The van der Waals surface area contributed by atoms with Gasteiger partial charge in [0.15, 0.2) is 0 Å². The predicted octanol–water partition coefficient (Wildman–Crippen LogP) is 3.41. The Kier molecular flexibility index (Phi) is 2.70. The smallest absolute Gasteiger partial charge is 0.339 e. The van der Waals surface area contributed by atoms with Crippen LogP contribution in [0.3, 0.4) is 0 Å². The summed E-state index contributed by atoms with van der Waals surface area (Å²) in [5.41, 5.74) is 2.38. The standard InChI is InChI=1S/C13H11BrN2O2/c14-9-4-2-1-3-8(9)12-10(13(17)18)11(15-16-12)7-5-6-7/h1-4,7H,5-6H2,(H,15,16)(H,17,18). The first-order valence-electron chi connectivity index (χ1n) is 5.75. The number of nitrogens with zero attached hydrogens (tertiary/aromatic N) is 1. The topological polar surface area (TPSA) is 66.0 Å². The Morgan fingerprint density at radius 1 is 1.39 bits per heavy atom. The molecule has 0 unspecified atom stereocenters. The highest BCUT2D eigenvalue weighted by Gasteiger charge is 2.33. The zero-order valence-electron chi connectivity index (χ0n) is 9.48. The van der Waals surface area contributed by atoms with Crippen LogP contribution >= 0.6 is 15.9 Å². The van der Waals surface area contributed by atoms with Crippen molar-refractivity contribution in [3.63, 3.8) is 0 Å². The largest absolute Gasteiger partial charge is 0.478 e. The fourth-order valence-corrected chi connectivity index (χ4v) is 2.56. The van der Waals surface area contributed by atoms with Crippen LogP contribution in [0.4, 0.5) is 0 Å². The molecule has 92 valence electrons. The summed E-state index contributed by atoms with van der Waals surface area (Å²) in [4.78, 5) is 11.4. The monoisotopic (exact) mass is 306 g/mol. The van der Waals surface area contributed by atoms with Crippen molar-refractivity contribution in [1.82, 2.24) is 10.2 Å². The molecule has 2 N–H and O–H groups in total. The second-order valence-electron chi connectivity index (χ2n) is 4.42. The maximum atomic E-state index is 11.4. The van der Waals surface area contributed by atoms with Crippen LogP contribution < -0.4 is 0 Å². The Balaban J connectivity index is 2.18. The van der Waals surface area contributed by atoms with E-state index in [2.05, 4.69) is 26.1 Å². The number of hydrogen-bond acceptors (Lipinski definition) is 2. The van der Waals surface area contributed by atoms with E-state index in [1.54, 1.807) is 0 Å². The van der Waals surface area contributed by atoms with Crippen LogP contribution in [0.2, 0.25) is 0 Å². The number of H-pyrrole nitrogens is 1. The first-order valence-corrected chi connectivity index (χ1v) is 6.54. The first kappa shape index (κ1) is 11.5. The molecule has 1 heterocycles. The van der Waals surface area contributed by atoms with Gasteiger partial charge in [0.1, 0.15) is 11.3 Å². The number of halogens is 1. The number of carboxylic acid groups (broad SMARTS) is 1. The van der Waals surface area contributed by atoms with Crippen LogP contribution in [0.5, 0.6) is 0 Å². The van der Waals surface area contributed by atoms with Crippen molar-refractivity contribution in [1.29, 1.82) is 0 Å². The van der Waals surface area contributed by atoms with Gasteiger partial charge in [0.2, 0.25) is 0 Å². The van der Waals surface area contributed by atoms with Gasteiger partial charge in [-0.2, -0.15) is 5.10 Å². The molecular formula is C13H11BrN2O2. The zero-order valence-corrected chi connectivity index (χ0v) is 11.1. The predicted molar refractivity (Wildman–Crippen MR) is 70.7 cm³/mol. The van der Waals surface area contributed by atoms with Gasteiger partial charge < -0.3 is 5.11 Å². The summed E-state index contributed by atoms with van der Waals surface area (Å²) in [6.07, 6.45) is 2.08. The van der Waals surface area contributed by atoms with Crippen molar-refractivity contribution in [2.24, 2.45) is 0 Å². The van der Waals surface area contributed by atoms with Crippen molar-refractivity contribution in [3.05, 3.63) is 40.0 Å². The van der Waals surface area contributed by atoms with E-state index in [0.29, 0.717) is 17.2 Å². The first-order chi connectivity index (χ1) is 8.68. The summed E-state index contributed by atoms with van der Waals surface area (Å²) in [6.45, 7) is 0. The minimum Gasteiger partial charge on any atom is -0.478 e. The highest BCUT2D eigenvalue weighted by molar-refractivity contribution is 9.10.